The van der Waals surface area contributed by atoms with Crippen LogP contribution in [0.5, 0.6) is 5.75 Å². The lowest BCUT2D eigenvalue weighted by atomic mass is 9.92. The number of aromatic amines is 1. The molecule has 1 saturated heterocycles. The Morgan fingerprint density at radius 2 is 2.03 bits per heavy atom. The number of carbonyl (C=O) groups excluding carboxylic acids is 1. The summed E-state index contributed by atoms with van der Waals surface area (Å²) in [5.74, 6) is 1.66. The number of rotatable bonds is 10. The maximum Gasteiger partial charge on any atom is 0.530 e. The number of ether oxygens (including phenoxy) is 2. The molecule has 2 unspecified atom stereocenters. The number of H-pyrrole nitrogens is 1. The number of para-hydroxylation sites is 1. The van der Waals surface area contributed by atoms with Crippen LogP contribution in [0.3, 0.4) is 0 Å². The Bertz CT molecular complexity index is 1360. The third-order valence-electron chi connectivity index (χ3n) is 5.15. The standard InChI is InChI=1S/C22H26ClN4O10P/c1-13(2)34-18(29)14(3)36-38(32,37-15-7-5-4-6-8-15)33-11-16-17(28)22(24,9-10-23)19(35-16)27-12-25-20(30)26-21(27)31/h4-8,12-14,16-17,19,28H,11,24H2,1-3H3,(H,26,30,31)/t14-,16+,17-,19+,22?,38?/m0/s1. The molecule has 6 atom stereocenters. The number of nitrogens with zero attached hydrogens (tertiary/aromatic N) is 2. The normalized spacial score (nSPS) is 25.2. The maximum atomic E-state index is 13.6. The minimum Gasteiger partial charge on any atom is -0.461 e. The number of nitrogens with two attached hydrogens (primary N) is 1. The summed E-state index contributed by atoms with van der Waals surface area (Å²) in [6.07, 6.45) is -5.50. The van der Waals surface area contributed by atoms with Gasteiger partial charge in [0.05, 0.1) is 12.7 Å². The van der Waals surface area contributed by atoms with E-state index in [9.17, 15) is 24.1 Å². The van der Waals surface area contributed by atoms with Gasteiger partial charge in [0.15, 0.2) is 17.9 Å². The summed E-state index contributed by atoms with van der Waals surface area (Å²) < 4.78 is 41.4. The van der Waals surface area contributed by atoms with Crippen LogP contribution >= 0.6 is 19.4 Å². The van der Waals surface area contributed by atoms with E-state index in [1.165, 1.54) is 19.1 Å². The number of benzene rings is 1. The van der Waals surface area contributed by atoms with E-state index in [0.29, 0.717) is 0 Å². The molecule has 0 radical (unpaired) electrons. The first kappa shape index (κ1) is 29.5. The average molecular weight is 573 g/mol. The van der Waals surface area contributed by atoms with Crippen LogP contribution in [0.2, 0.25) is 0 Å². The second-order valence-corrected chi connectivity index (χ2v) is 10.1. The second kappa shape index (κ2) is 12.2. The Morgan fingerprint density at radius 3 is 2.63 bits per heavy atom. The molecule has 4 N–H and O–H groups in total. The summed E-state index contributed by atoms with van der Waals surface area (Å²) in [5.41, 5.74) is 2.40. The number of phosphoric acid groups is 1. The van der Waals surface area contributed by atoms with Crippen molar-refractivity contribution in [2.24, 2.45) is 5.73 Å². The molecule has 14 nitrogen and oxygen atoms in total. The molecule has 0 aliphatic carbocycles. The molecule has 16 heteroatoms. The number of hydrogen-bond donors (Lipinski definition) is 3. The lowest BCUT2D eigenvalue weighted by Gasteiger charge is -2.27. The molecule has 0 spiro atoms. The van der Waals surface area contributed by atoms with Crippen LogP contribution in [0.4, 0.5) is 0 Å². The fraction of sp³-hybridized carbons (Fsp3) is 0.455. The number of hydrogen-bond acceptors (Lipinski definition) is 12. The summed E-state index contributed by atoms with van der Waals surface area (Å²) >= 11 is 5.54. The van der Waals surface area contributed by atoms with E-state index >= 15 is 0 Å². The van der Waals surface area contributed by atoms with Crippen LogP contribution in [-0.2, 0) is 27.9 Å². The van der Waals surface area contributed by atoms with Gasteiger partial charge in [-0.1, -0.05) is 24.1 Å². The number of halogens is 1. The van der Waals surface area contributed by atoms with Crippen LogP contribution in [-0.4, -0.2) is 62.2 Å². The Labute approximate surface area is 221 Å². The summed E-state index contributed by atoms with van der Waals surface area (Å²) in [6, 6.07) is 7.85. The van der Waals surface area contributed by atoms with Crippen molar-refractivity contribution >= 4 is 25.4 Å². The SMILES string of the molecule is CC(C)OC(=O)[C@H](C)OP(=O)(OC[C@H]1O[C@@H](n2cnc(=O)[nH]c2=O)C(N)(C#CCl)[C@H]1O)Oc1ccccc1. The van der Waals surface area contributed by atoms with Gasteiger partial charge in [0.25, 0.3) is 0 Å². The molecule has 2 aromatic rings. The van der Waals surface area contributed by atoms with Gasteiger partial charge in [-0.2, -0.15) is 4.98 Å². The molecule has 1 aromatic heterocycles. The van der Waals surface area contributed by atoms with E-state index in [4.69, 9.17) is 40.4 Å². The molecule has 2 heterocycles. The molecular formula is C22H26ClN4O10P. The quantitative estimate of drug-likeness (QED) is 0.205. The Morgan fingerprint density at radius 1 is 1.34 bits per heavy atom. The molecule has 1 aliphatic heterocycles. The average Bonchev–Trinajstić information content (AvgIpc) is 3.08. The third kappa shape index (κ3) is 6.89. The molecule has 1 aliphatic rings. The fourth-order valence-electron chi connectivity index (χ4n) is 3.39. The van der Waals surface area contributed by atoms with E-state index < -0.39 is 68.0 Å². The van der Waals surface area contributed by atoms with Crippen molar-refractivity contribution < 1.29 is 37.5 Å². The number of esters is 1. The summed E-state index contributed by atoms with van der Waals surface area (Å²) in [4.78, 5) is 41.3. The van der Waals surface area contributed by atoms with E-state index in [0.717, 1.165) is 10.9 Å². The number of carbonyl (C=O) groups is 1. The van der Waals surface area contributed by atoms with Crippen LogP contribution in [0.25, 0.3) is 0 Å². The maximum absolute atomic E-state index is 13.6. The molecule has 206 valence electrons. The monoisotopic (exact) mass is 572 g/mol. The summed E-state index contributed by atoms with van der Waals surface area (Å²) in [6.45, 7) is 3.88. The van der Waals surface area contributed by atoms with Gasteiger partial charge in [0.2, 0.25) is 0 Å². The first-order valence-electron chi connectivity index (χ1n) is 11.2. The number of aliphatic hydroxyl groups excluding tert-OH is 1. The predicted octanol–water partition coefficient (Wildman–Crippen LogP) is 0.648. The van der Waals surface area contributed by atoms with Gasteiger partial charge in [-0.3, -0.25) is 18.6 Å². The number of aromatic nitrogens is 3. The van der Waals surface area contributed by atoms with Crippen molar-refractivity contribution in [2.75, 3.05) is 6.61 Å². The Balaban J connectivity index is 1.86. The zero-order valence-electron chi connectivity index (χ0n) is 20.5. The highest BCUT2D eigenvalue weighted by atomic mass is 35.5. The van der Waals surface area contributed by atoms with Gasteiger partial charge in [-0.15, -0.1) is 0 Å². The van der Waals surface area contributed by atoms with Crippen molar-refractivity contribution in [3.05, 3.63) is 57.6 Å². The predicted molar refractivity (Wildman–Crippen MR) is 132 cm³/mol. The topological polar surface area (TPSA) is 194 Å². The van der Waals surface area contributed by atoms with Crippen molar-refractivity contribution in [1.29, 1.82) is 0 Å². The summed E-state index contributed by atoms with van der Waals surface area (Å²) in [7, 11) is -4.56. The van der Waals surface area contributed by atoms with Gasteiger partial charge < -0.3 is 24.8 Å². The molecule has 0 amide bonds. The van der Waals surface area contributed by atoms with Crippen molar-refractivity contribution in [1.82, 2.24) is 14.5 Å². The smallest absolute Gasteiger partial charge is 0.461 e. The second-order valence-electron chi connectivity index (χ2n) is 8.39. The Hall–Kier alpha value is -3.02. The van der Waals surface area contributed by atoms with Crippen molar-refractivity contribution in [2.45, 2.75) is 57.0 Å². The largest absolute Gasteiger partial charge is 0.530 e. The van der Waals surface area contributed by atoms with Crippen LogP contribution < -0.4 is 21.6 Å². The van der Waals surface area contributed by atoms with Gasteiger partial charge in [-0.25, -0.2) is 18.9 Å². The molecular weight excluding hydrogens is 547 g/mol. The molecule has 0 saturated carbocycles. The van der Waals surface area contributed by atoms with Gasteiger partial charge in [-0.05, 0) is 44.5 Å². The van der Waals surface area contributed by atoms with E-state index in [1.807, 2.05) is 10.4 Å². The number of aliphatic hydroxyl groups is 1. The lowest BCUT2D eigenvalue weighted by molar-refractivity contribution is -0.156. The minimum absolute atomic E-state index is 0.0954. The summed E-state index contributed by atoms with van der Waals surface area (Å²) in [5, 5.41) is 13.0. The molecule has 0 bridgehead atoms. The van der Waals surface area contributed by atoms with Crippen molar-refractivity contribution in [3.63, 3.8) is 0 Å². The number of phosphoric ester groups is 1. The highest BCUT2D eigenvalue weighted by Crippen LogP contribution is 2.51. The van der Waals surface area contributed by atoms with Crippen LogP contribution in [0.1, 0.15) is 27.0 Å². The molecule has 1 fully saturated rings. The third-order valence-corrected chi connectivity index (χ3v) is 6.72. The first-order chi connectivity index (χ1) is 17.9. The van der Waals surface area contributed by atoms with E-state index in [1.54, 1.807) is 32.0 Å². The highest BCUT2D eigenvalue weighted by Gasteiger charge is 2.55. The van der Waals surface area contributed by atoms with E-state index in [-0.39, 0.29) is 5.75 Å². The van der Waals surface area contributed by atoms with Crippen LogP contribution in [0.15, 0.2) is 46.2 Å². The number of nitrogens with one attached hydrogen (secondary N) is 1. The van der Waals surface area contributed by atoms with Gasteiger partial charge in [0, 0.05) is 5.38 Å². The zero-order chi connectivity index (χ0) is 28.1. The van der Waals surface area contributed by atoms with Crippen LogP contribution in [0, 0.1) is 11.3 Å². The van der Waals surface area contributed by atoms with Gasteiger partial charge in [0.1, 0.15) is 24.3 Å². The first-order valence-corrected chi connectivity index (χ1v) is 13.0. The van der Waals surface area contributed by atoms with Crippen molar-refractivity contribution in [3.8, 4) is 17.0 Å². The fourth-order valence-corrected chi connectivity index (χ4v) is 4.89. The molecule has 3 rings (SSSR count). The highest BCUT2D eigenvalue weighted by molar-refractivity contribution is 7.49. The minimum atomic E-state index is -4.56. The van der Waals surface area contributed by atoms with Gasteiger partial charge >= 0.3 is 25.2 Å². The van der Waals surface area contributed by atoms with E-state index in [2.05, 4.69) is 10.9 Å². The molecule has 1 aromatic carbocycles. The zero-order valence-corrected chi connectivity index (χ0v) is 22.1. The molecule has 38 heavy (non-hydrogen) atoms. The lowest BCUT2D eigenvalue weighted by Crippen LogP contribution is -2.55. The Kier molecular flexibility index (Phi) is 9.50.